The number of halogens is 1. The molecule has 142 valence electrons. The Morgan fingerprint density at radius 1 is 1.00 bits per heavy atom. The van der Waals surface area contributed by atoms with E-state index in [-0.39, 0.29) is 24.0 Å². The molecule has 0 aliphatic carbocycles. The van der Waals surface area contributed by atoms with Crippen molar-refractivity contribution in [2.24, 2.45) is 4.99 Å². The molecule has 1 heterocycles. The SMILES string of the molecule is CN=C(NCc1ccc(C)cc1)NCc1cccc(Cn2ccnc2)c1.I. The zero-order valence-corrected chi connectivity index (χ0v) is 18.1. The summed E-state index contributed by atoms with van der Waals surface area (Å²) in [5.41, 5.74) is 4.98. The molecule has 2 aromatic carbocycles. The molecule has 27 heavy (non-hydrogen) atoms. The molecule has 0 unspecified atom stereocenters. The van der Waals surface area contributed by atoms with Crippen molar-refractivity contribution in [2.75, 3.05) is 7.05 Å². The van der Waals surface area contributed by atoms with Crippen LogP contribution in [0.15, 0.2) is 72.2 Å². The van der Waals surface area contributed by atoms with Gasteiger partial charge < -0.3 is 15.2 Å². The van der Waals surface area contributed by atoms with Gasteiger partial charge in [0.2, 0.25) is 0 Å². The summed E-state index contributed by atoms with van der Waals surface area (Å²) in [7, 11) is 1.79. The number of aryl methyl sites for hydroxylation is 1. The van der Waals surface area contributed by atoms with Crippen LogP contribution in [0.3, 0.4) is 0 Å². The normalized spacial score (nSPS) is 11.0. The second-order valence-electron chi connectivity index (χ2n) is 6.32. The number of aromatic nitrogens is 2. The van der Waals surface area contributed by atoms with E-state index in [9.17, 15) is 0 Å². The second-order valence-corrected chi connectivity index (χ2v) is 6.32. The molecule has 0 fully saturated rings. The summed E-state index contributed by atoms with van der Waals surface area (Å²) >= 11 is 0. The van der Waals surface area contributed by atoms with Gasteiger partial charge in [-0.1, -0.05) is 54.1 Å². The van der Waals surface area contributed by atoms with Gasteiger partial charge in [-0.2, -0.15) is 0 Å². The molecule has 0 aliphatic heterocycles. The summed E-state index contributed by atoms with van der Waals surface area (Å²) in [5.74, 6) is 0.797. The number of nitrogens with zero attached hydrogens (tertiary/aromatic N) is 3. The first-order valence-electron chi connectivity index (χ1n) is 8.76. The minimum Gasteiger partial charge on any atom is -0.352 e. The minimum atomic E-state index is 0. The molecule has 1 aromatic heterocycles. The number of hydrogen-bond donors (Lipinski definition) is 2. The zero-order valence-electron chi connectivity index (χ0n) is 15.7. The number of hydrogen-bond acceptors (Lipinski definition) is 2. The van der Waals surface area contributed by atoms with Gasteiger partial charge in [-0.3, -0.25) is 4.99 Å². The van der Waals surface area contributed by atoms with Crippen LogP contribution >= 0.6 is 24.0 Å². The fourth-order valence-corrected chi connectivity index (χ4v) is 2.73. The molecular weight excluding hydrogens is 449 g/mol. The van der Waals surface area contributed by atoms with E-state index in [4.69, 9.17) is 0 Å². The van der Waals surface area contributed by atoms with Gasteiger partial charge in [0.25, 0.3) is 0 Å². The molecule has 0 atom stereocenters. The Morgan fingerprint density at radius 3 is 2.37 bits per heavy atom. The van der Waals surface area contributed by atoms with E-state index in [1.54, 1.807) is 13.2 Å². The van der Waals surface area contributed by atoms with Gasteiger partial charge in [0.15, 0.2) is 5.96 Å². The Balaban J connectivity index is 0.00000261. The Hall–Kier alpha value is -2.35. The van der Waals surface area contributed by atoms with Crippen molar-refractivity contribution in [3.63, 3.8) is 0 Å². The molecule has 2 N–H and O–H groups in total. The molecule has 0 amide bonds. The lowest BCUT2D eigenvalue weighted by atomic mass is 10.1. The molecule has 0 radical (unpaired) electrons. The monoisotopic (exact) mass is 475 g/mol. The first-order chi connectivity index (χ1) is 12.7. The second kappa shape index (κ2) is 10.7. The van der Waals surface area contributed by atoms with Crippen LogP contribution in [0.4, 0.5) is 0 Å². The summed E-state index contributed by atoms with van der Waals surface area (Å²) < 4.78 is 2.06. The highest BCUT2D eigenvalue weighted by Crippen LogP contribution is 2.07. The standard InChI is InChI=1S/C21H25N5.HI/c1-17-6-8-18(9-7-17)13-24-21(22-2)25-14-19-4-3-5-20(12-19)15-26-11-10-23-16-26;/h3-12,16H,13-15H2,1-2H3,(H2,22,24,25);1H. The highest BCUT2D eigenvalue weighted by molar-refractivity contribution is 14.0. The molecule has 0 spiro atoms. The van der Waals surface area contributed by atoms with Crippen LogP contribution in [0.25, 0.3) is 0 Å². The number of guanidine groups is 1. The molecule has 6 heteroatoms. The van der Waals surface area contributed by atoms with E-state index in [1.165, 1.54) is 22.3 Å². The average molecular weight is 475 g/mol. The van der Waals surface area contributed by atoms with E-state index in [0.717, 1.165) is 25.6 Å². The predicted molar refractivity (Wildman–Crippen MR) is 121 cm³/mol. The maximum absolute atomic E-state index is 4.30. The van der Waals surface area contributed by atoms with Crippen LogP contribution in [-0.2, 0) is 19.6 Å². The van der Waals surface area contributed by atoms with Crippen LogP contribution in [0, 0.1) is 6.92 Å². The molecule has 5 nitrogen and oxygen atoms in total. The summed E-state index contributed by atoms with van der Waals surface area (Å²) in [4.78, 5) is 8.39. The maximum atomic E-state index is 4.30. The topological polar surface area (TPSA) is 54.2 Å². The molecule has 0 saturated heterocycles. The number of rotatable bonds is 6. The van der Waals surface area contributed by atoms with Crippen molar-refractivity contribution >= 4 is 29.9 Å². The third-order valence-corrected chi connectivity index (χ3v) is 4.18. The van der Waals surface area contributed by atoms with Gasteiger partial charge in [-0.05, 0) is 23.6 Å². The van der Waals surface area contributed by atoms with Crippen molar-refractivity contribution < 1.29 is 0 Å². The lowest BCUT2D eigenvalue weighted by Gasteiger charge is -2.13. The van der Waals surface area contributed by atoms with Crippen LogP contribution in [0.2, 0.25) is 0 Å². The van der Waals surface area contributed by atoms with Crippen LogP contribution in [-0.4, -0.2) is 22.6 Å². The smallest absolute Gasteiger partial charge is 0.191 e. The minimum absolute atomic E-state index is 0. The third-order valence-electron chi connectivity index (χ3n) is 4.18. The van der Waals surface area contributed by atoms with Crippen LogP contribution in [0.5, 0.6) is 0 Å². The van der Waals surface area contributed by atoms with Gasteiger partial charge in [-0.25, -0.2) is 4.98 Å². The molecule has 0 aliphatic rings. The third kappa shape index (κ3) is 6.71. The van der Waals surface area contributed by atoms with E-state index < -0.39 is 0 Å². The fourth-order valence-electron chi connectivity index (χ4n) is 2.73. The molecule has 3 rings (SSSR count). The van der Waals surface area contributed by atoms with Gasteiger partial charge >= 0.3 is 0 Å². The maximum Gasteiger partial charge on any atom is 0.191 e. The van der Waals surface area contributed by atoms with Crippen molar-refractivity contribution in [3.05, 3.63) is 89.5 Å². The van der Waals surface area contributed by atoms with E-state index in [2.05, 4.69) is 80.6 Å². The lowest BCUT2D eigenvalue weighted by Crippen LogP contribution is -2.36. The average Bonchev–Trinajstić information content (AvgIpc) is 3.16. The van der Waals surface area contributed by atoms with Crippen LogP contribution in [0.1, 0.15) is 22.3 Å². The Labute approximate surface area is 178 Å². The van der Waals surface area contributed by atoms with Crippen molar-refractivity contribution in [1.29, 1.82) is 0 Å². The number of imidazole rings is 1. The Bertz CT molecular complexity index is 841. The molecule has 0 saturated carbocycles. The van der Waals surface area contributed by atoms with Gasteiger partial charge in [0.1, 0.15) is 0 Å². The Kier molecular flexibility index (Phi) is 8.32. The summed E-state index contributed by atoms with van der Waals surface area (Å²) in [6, 6.07) is 17.1. The van der Waals surface area contributed by atoms with Gasteiger partial charge in [-0.15, -0.1) is 24.0 Å². The van der Waals surface area contributed by atoms with Crippen molar-refractivity contribution in [2.45, 2.75) is 26.6 Å². The highest BCUT2D eigenvalue weighted by Gasteiger charge is 2.01. The summed E-state index contributed by atoms with van der Waals surface area (Å²) in [6.07, 6.45) is 5.61. The van der Waals surface area contributed by atoms with E-state index in [1.807, 2.05) is 12.5 Å². The number of nitrogens with one attached hydrogen (secondary N) is 2. The quantitative estimate of drug-likeness (QED) is 0.325. The summed E-state index contributed by atoms with van der Waals surface area (Å²) in [6.45, 7) is 4.40. The fraction of sp³-hybridized carbons (Fsp3) is 0.238. The van der Waals surface area contributed by atoms with Crippen molar-refractivity contribution in [3.8, 4) is 0 Å². The van der Waals surface area contributed by atoms with E-state index in [0.29, 0.717) is 0 Å². The largest absolute Gasteiger partial charge is 0.352 e. The molecular formula is C21H26IN5. The first kappa shape index (κ1) is 21.0. The number of aliphatic imine (C=N–C) groups is 1. The molecule has 0 bridgehead atoms. The zero-order chi connectivity index (χ0) is 18.2. The highest BCUT2D eigenvalue weighted by atomic mass is 127. The number of benzene rings is 2. The predicted octanol–water partition coefficient (Wildman–Crippen LogP) is 3.72. The summed E-state index contributed by atoms with van der Waals surface area (Å²) in [5, 5.41) is 6.73. The van der Waals surface area contributed by atoms with Crippen molar-refractivity contribution in [1.82, 2.24) is 20.2 Å². The van der Waals surface area contributed by atoms with Crippen LogP contribution < -0.4 is 10.6 Å². The van der Waals surface area contributed by atoms with E-state index >= 15 is 0 Å². The molecule has 3 aromatic rings. The van der Waals surface area contributed by atoms with Gasteiger partial charge in [0, 0.05) is 39.1 Å². The lowest BCUT2D eigenvalue weighted by molar-refractivity contribution is 0.787. The van der Waals surface area contributed by atoms with Gasteiger partial charge in [0.05, 0.1) is 6.33 Å². The first-order valence-corrected chi connectivity index (χ1v) is 8.76. The Morgan fingerprint density at radius 2 is 1.70 bits per heavy atom.